The lowest BCUT2D eigenvalue weighted by molar-refractivity contribution is 0.0579. The zero-order valence-electron chi connectivity index (χ0n) is 14.5. The Hall–Kier alpha value is -2.21. The molecule has 0 unspecified atom stereocenters. The topological polar surface area (TPSA) is 58.2 Å². The van der Waals surface area contributed by atoms with Gasteiger partial charge in [0.25, 0.3) is 5.91 Å². The smallest absolute Gasteiger partial charge is 0.272 e. The summed E-state index contributed by atoms with van der Waals surface area (Å²) in [6.07, 6.45) is 5.05. The summed E-state index contributed by atoms with van der Waals surface area (Å²) < 4.78 is 19.0. The van der Waals surface area contributed by atoms with E-state index in [2.05, 4.69) is 10.2 Å². The summed E-state index contributed by atoms with van der Waals surface area (Å²) in [5.74, 6) is -0.402. The van der Waals surface area contributed by atoms with Gasteiger partial charge in [-0.2, -0.15) is 5.10 Å². The van der Waals surface area contributed by atoms with E-state index in [0.29, 0.717) is 23.6 Å². The molecule has 1 saturated heterocycles. The average Bonchev–Trinajstić information content (AvgIpc) is 3.12. The highest BCUT2D eigenvalue weighted by Gasteiger charge is 2.28. The minimum absolute atomic E-state index is 0.0581. The van der Waals surface area contributed by atoms with Gasteiger partial charge in [-0.3, -0.25) is 9.89 Å². The summed E-state index contributed by atoms with van der Waals surface area (Å²) in [5, 5.41) is 6.91. The molecule has 1 atom stereocenters. The van der Waals surface area contributed by atoms with Crippen LogP contribution in [0.2, 0.25) is 0 Å². The van der Waals surface area contributed by atoms with Gasteiger partial charge in [-0.05, 0) is 50.3 Å². The van der Waals surface area contributed by atoms with Crippen molar-refractivity contribution in [2.45, 2.75) is 38.1 Å². The van der Waals surface area contributed by atoms with Crippen molar-refractivity contribution < 1.29 is 13.9 Å². The molecule has 1 aliphatic heterocycles. The lowest BCUT2D eigenvalue weighted by Crippen LogP contribution is -2.44. The van der Waals surface area contributed by atoms with Crippen LogP contribution >= 0.6 is 0 Å². The Bertz CT molecular complexity index is 716. The summed E-state index contributed by atoms with van der Waals surface area (Å²) in [6.45, 7) is 1.46. The molecule has 3 rings (SSSR count). The van der Waals surface area contributed by atoms with Crippen molar-refractivity contribution in [3.05, 3.63) is 41.8 Å². The van der Waals surface area contributed by atoms with Crippen molar-refractivity contribution in [2.24, 2.45) is 0 Å². The van der Waals surface area contributed by atoms with Gasteiger partial charge in [-0.15, -0.1) is 0 Å². The Morgan fingerprint density at radius 2 is 2.24 bits per heavy atom. The Morgan fingerprint density at radius 1 is 1.40 bits per heavy atom. The lowest BCUT2D eigenvalue weighted by atomic mass is 9.97. The number of hydrogen-bond donors (Lipinski definition) is 1. The van der Waals surface area contributed by atoms with Crippen LogP contribution in [0.3, 0.4) is 0 Å². The maximum atomic E-state index is 13.9. The van der Waals surface area contributed by atoms with Crippen LogP contribution in [-0.2, 0) is 4.74 Å². The van der Waals surface area contributed by atoms with Gasteiger partial charge in [0.05, 0.1) is 5.69 Å². The molecule has 134 valence electrons. The summed E-state index contributed by atoms with van der Waals surface area (Å²) >= 11 is 0. The number of halogens is 1. The molecule has 1 amide bonds. The van der Waals surface area contributed by atoms with Crippen LogP contribution in [0.25, 0.3) is 11.3 Å². The number of H-pyrrole nitrogens is 1. The molecule has 1 aromatic carbocycles. The molecule has 0 aliphatic carbocycles. The van der Waals surface area contributed by atoms with E-state index in [1.807, 2.05) is 4.90 Å². The number of aromatic amines is 1. The minimum Gasteiger partial charge on any atom is -0.385 e. The van der Waals surface area contributed by atoms with Gasteiger partial charge in [0, 0.05) is 31.9 Å². The Balaban J connectivity index is 1.74. The molecule has 2 heterocycles. The number of amides is 1. The number of nitrogens with one attached hydrogen (secondary N) is 1. The Labute approximate surface area is 147 Å². The molecule has 5 nitrogen and oxygen atoms in total. The van der Waals surface area contributed by atoms with Gasteiger partial charge in [0.2, 0.25) is 0 Å². The van der Waals surface area contributed by atoms with Crippen LogP contribution in [0.4, 0.5) is 4.39 Å². The van der Waals surface area contributed by atoms with E-state index >= 15 is 0 Å². The van der Waals surface area contributed by atoms with E-state index in [0.717, 1.165) is 38.6 Å². The molecular weight excluding hydrogens is 321 g/mol. The van der Waals surface area contributed by atoms with Gasteiger partial charge in [0.1, 0.15) is 11.5 Å². The third-order valence-corrected chi connectivity index (χ3v) is 4.73. The van der Waals surface area contributed by atoms with Crippen LogP contribution in [-0.4, -0.2) is 47.3 Å². The van der Waals surface area contributed by atoms with E-state index in [4.69, 9.17) is 4.74 Å². The van der Waals surface area contributed by atoms with Crippen LogP contribution in [0, 0.1) is 5.82 Å². The van der Waals surface area contributed by atoms with Crippen LogP contribution < -0.4 is 0 Å². The highest BCUT2D eigenvalue weighted by atomic mass is 19.1. The van der Waals surface area contributed by atoms with Crippen molar-refractivity contribution in [1.82, 2.24) is 15.1 Å². The fourth-order valence-electron chi connectivity index (χ4n) is 3.42. The summed E-state index contributed by atoms with van der Waals surface area (Å²) in [4.78, 5) is 14.8. The van der Waals surface area contributed by atoms with Crippen molar-refractivity contribution >= 4 is 5.91 Å². The molecule has 1 aromatic heterocycles. The fraction of sp³-hybridized carbons (Fsp3) is 0.474. The van der Waals surface area contributed by atoms with Gasteiger partial charge < -0.3 is 9.64 Å². The monoisotopic (exact) mass is 345 g/mol. The molecule has 0 spiro atoms. The van der Waals surface area contributed by atoms with Gasteiger partial charge in [-0.25, -0.2) is 4.39 Å². The second-order valence-electron chi connectivity index (χ2n) is 6.43. The highest BCUT2D eigenvalue weighted by molar-refractivity contribution is 5.93. The van der Waals surface area contributed by atoms with E-state index in [1.54, 1.807) is 31.4 Å². The molecule has 2 aromatic rings. The van der Waals surface area contributed by atoms with Gasteiger partial charge >= 0.3 is 0 Å². The number of benzene rings is 1. The molecule has 1 aliphatic rings. The normalized spacial score (nSPS) is 17.7. The number of ether oxygens (including phenoxy) is 1. The number of aromatic nitrogens is 2. The van der Waals surface area contributed by atoms with E-state index in [-0.39, 0.29) is 17.8 Å². The van der Waals surface area contributed by atoms with Crippen LogP contribution in [0.15, 0.2) is 30.3 Å². The zero-order valence-corrected chi connectivity index (χ0v) is 14.5. The number of methoxy groups -OCH3 is 1. The number of nitrogens with zero attached hydrogens (tertiary/aromatic N) is 2. The van der Waals surface area contributed by atoms with Crippen LogP contribution in [0.1, 0.15) is 42.6 Å². The zero-order chi connectivity index (χ0) is 17.6. The maximum Gasteiger partial charge on any atom is 0.272 e. The van der Waals surface area contributed by atoms with Crippen molar-refractivity contribution in [1.29, 1.82) is 0 Å². The van der Waals surface area contributed by atoms with Gasteiger partial charge in [0.15, 0.2) is 0 Å². The predicted octanol–water partition coefficient (Wildman–Crippen LogP) is 3.64. The number of carbonyl (C=O) groups is 1. The summed E-state index contributed by atoms with van der Waals surface area (Å²) in [6, 6.07) is 8.32. The first kappa shape index (κ1) is 17.6. The second-order valence-corrected chi connectivity index (χ2v) is 6.43. The number of carbonyl (C=O) groups excluding carboxylic acids is 1. The fourth-order valence-corrected chi connectivity index (χ4v) is 3.42. The third-order valence-electron chi connectivity index (χ3n) is 4.73. The molecule has 0 radical (unpaired) electrons. The van der Waals surface area contributed by atoms with Crippen molar-refractivity contribution in [2.75, 3.05) is 20.3 Å². The predicted molar refractivity (Wildman–Crippen MR) is 93.8 cm³/mol. The molecule has 25 heavy (non-hydrogen) atoms. The standard InChI is InChI=1S/C19H24FN3O2/c1-25-12-6-8-14-7-4-5-11-23(14)19(24)18-13-17(21-22-18)15-9-2-3-10-16(15)20/h2-3,9-10,13-14H,4-8,11-12H2,1H3,(H,21,22)/t14-/m1/s1. The number of hydrogen-bond acceptors (Lipinski definition) is 3. The first-order chi connectivity index (χ1) is 12.2. The highest BCUT2D eigenvalue weighted by Crippen LogP contribution is 2.25. The second kappa shape index (κ2) is 8.25. The SMILES string of the molecule is COCCC[C@H]1CCCCN1C(=O)c1cc(-c2ccccc2F)n[nH]1. The molecule has 0 saturated carbocycles. The molecule has 1 fully saturated rings. The summed E-state index contributed by atoms with van der Waals surface area (Å²) in [7, 11) is 1.69. The average molecular weight is 345 g/mol. The molecule has 0 bridgehead atoms. The Kier molecular flexibility index (Phi) is 5.81. The maximum absolute atomic E-state index is 13.9. The largest absolute Gasteiger partial charge is 0.385 e. The molecule has 6 heteroatoms. The van der Waals surface area contributed by atoms with Crippen molar-refractivity contribution in [3.8, 4) is 11.3 Å². The van der Waals surface area contributed by atoms with E-state index < -0.39 is 0 Å². The molecular formula is C19H24FN3O2. The minimum atomic E-state index is -0.344. The quantitative estimate of drug-likeness (QED) is 0.813. The van der Waals surface area contributed by atoms with Gasteiger partial charge in [-0.1, -0.05) is 12.1 Å². The van der Waals surface area contributed by atoms with E-state index in [9.17, 15) is 9.18 Å². The Morgan fingerprint density at radius 3 is 3.04 bits per heavy atom. The first-order valence-electron chi connectivity index (χ1n) is 8.81. The van der Waals surface area contributed by atoms with Crippen LogP contribution in [0.5, 0.6) is 0 Å². The first-order valence-corrected chi connectivity index (χ1v) is 8.81. The lowest BCUT2D eigenvalue weighted by Gasteiger charge is -2.35. The number of likely N-dealkylation sites (tertiary alicyclic amines) is 1. The molecule has 1 N–H and O–H groups in total. The van der Waals surface area contributed by atoms with Crippen molar-refractivity contribution in [3.63, 3.8) is 0 Å². The number of piperidine rings is 1. The summed E-state index contributed by atoms with van der Waals surface area (Å²) in [5.41, 5.74) is 1.26. The number of rotatable bonds is 6. The van der Waals surface area contributed by atoms with E-state index in [1.165, 1.54) is 6.07 Å². The third kappa shape index (κ3) is 4.07.